The van der Waals surface area contributed by atoms with Gasteiger partial charge >= 0.3 is 5.97 Å². The highest BCUT2D eigenvalue weighted by atomic mass is 32.1. The van der Waals surface area contributed by atoms with E-state index in [0.29, 0.717) is 25.1 Å². The van der Waals surface area contributed by atoms with E-state index in [4.69, 9.17) is 21.9 Å². The molecule has 0 spiro atoms. The summed E-state index contributed by atoms with van der Waals surface area (Å²) in [5.41, 5.74) is 0.859. The molecule has 1 aliphatic rings. The van der Waals surface area contributed by atoms with Crippen LogP contribution in [0.3, 0.4) is 0 Å². The Hall–Kier alpha value is -3.95. The van der Waals surface area contributed by atoms with Crippen LogP contribution < -0.4 is 26.6 Å². The van der Waals surface area contributed by atoms with Gasteiger partial charge in [0.05, 0.1) is 6.42 Å². The predicted octanol–water partition coefficient (Wildman–Crippen LogP) is 2.01. The smallest absolute Gasteiger partial charge is 0.307 e. The monoisotopic (exact) mass is 716 g/mol. The van der Waals surface area contributed by atoms with Crippen molar-refractivity contribution in [3.05, 3.63) is 53.4 Å². The fraction of sp³-hybridized carbons (Fsp3) is 0.600. The molecule has 0 unspecified atom stereocenters. The average molecular weight is 717 g/mol. The number of esters is 1. The summed E-state index contributed by atoms with van der Waals surface area (Å²) in [6, 6.07) is 7.06. The van der Waals surface area contributed by atoms with Crippen LogP contribution in [0.5, 0.6) is 0 Å². The minimum absolute atomic E-state index is 0.00705. The Balaban J connectivity index is 1.68. The summed E-state index contributed by atoms with van der Waals surface area (Å²) in [4.78, 5) is 65.8. The molecule has 50 heavy (non-hydrogen) atoms. The second kappa shape index (κ2) is 19.4. The third-order valence-electron chi connectivity index (χ3n) is 8.47. The molecule has 15 heteroatoms. The standard InChI is InChI=1S/C35H52N6O8S/c1-19(2)14-26(39-35(47)30(20(3)4)40-31(43)22(6)37-34(46)27-15-21(5)49-41-27)33(45)38-25(16-24-12-13-36-32(24)44)28(50)17-29(42)48-18-23-10-8-7-9-11-23/h7-11,15,19-20,22,24-26,28,30,32,36,44,50H,12-14,16-18H2,1-6H3,(H,37,46)(H,38,45)(H,39,47)(H,40,43)/t22-,24-,25-,26-,28-,30-,32-/m0/s1. The molecule has 7 atom stereocenters. The number of carbonyl (C=O) groups is 5. The normalized spacial score (nSPS) is 18.8. The average Bonchev–Trinajstić information content (AvgIpc) is 3.69. The van der Waals surface area contributed by atoms with Gasteiger partial charge in [-0.15, -0.1) is 0 Å². The molecule has 1 aromatic carbocycles. The maximum atomic E-state index is 13.9. The third-order valence-corrected chi connectivity index (χ3v) is 9.01. The molecular formula is C35H52N6O8S. The van der Waals surface area contributed by atoms with Crippen LogP contribution >= 0.6 is 12.6 Å². The molecule has 2 aromatic rings. The Bertz CT molecular complexity index is 1440. The molecule has 1 fully saturated rings. The second-order valence-electron chi connectivity index (χ2n) is 13.7. The highest BCUT2D eigenvalue weighted by molar-refractivity contribution is 7.81. The molecule has 1 saturated heterocycles. The lowest BCUT2D eigenvalue weighted by Gasteiger charge is -2.31. The van der Waals surface area contributed by atoms with Crippen LogP contribution in [0.15, 0.2) is 40.9 Å². The number of hydrogen-bond acceptors (Lipinski definition) is 11. The van der Waals surface area contributed by atoms with E-state index in [-0.39, 0.29) is 42.9 Å². The number of benzene rings is 1. The zero-order valence-corrected chi connectivity index (χ0v) is 30.5. The molecule has 276 valence electrons. The third kappa shape index (κ3) is 12.7. The van der Waals surface area contributed by atoms with Gasteiger partial charge in [-0.25, -0.2) is 0 Å². The van der Waals surface area contributed by atoms with E-state index in [1.807, 2.05) is 44.2 Å². The highest BCUT2D eigenvalue weighted by Gasteiger charge is 2.35. The summed E-state index contributed by atoms with van der Waals surface area (Å²) in [6.45, 7) is 11.2. The second-order valence-corrected chi connectivity index (χ2v) is 14.3. The number of thiol groups is 1. The predicted molar refractivity (Wildman–Crippen MR) is 189 cm³/mol. The van der Waals surface area contributed by atoms with Gasteiger partial charge in [-0.2, -0.15) is 12.6 Å². The number of nitrogens with one attached hydrogen (secondary N) is 5. The molecule has 1 aliphatic heterocycles. The van der Waals surface area contributed by atoms with E-state index in [0.717, 1.165) is 5.56 Å². The largest absolute Gasteiger partial charge is 0.461 e. The van der Waals surface area contributed by atoms with Crippen molar-refractivity contribution in [1.82, 2.24) is 31.7 Å². The van der Waals surface area contributed by atoms with E-state index in [2.05, 4.69) is 31.7 Å². The van der Waals surface area contributed by atoms with Crippen LogP contribution in [0, 0.1) is 24.7 Å². The first-order valence-electron chi connectivity index (χ1n) is 17.1. The van der Waals surface area contributed by atoms with Gasteiger partial charge in [-0.3, -0.25) is 29.3 Å². The molecule has 0 radical (unpaired) electrons. The maximum absolute atomic E-state index is 13.9. The van der Waals surface area contributed by atoms with Gasteiger partial charge in [0.25, 0.3) is 5.91 Å². The Morgan fingerprint density at radius 1 is 1.00 bits per heavy atom. The topological polar surface area (TPSA) is 201 Å². The van der Waals surface area contributed by atoms with Crippen molar-refractivity contribution in [1.29, 1.82) is 0 Å². The number of aryl methyl sites for hydroxylation is 1. The summed E-state index contributed by atoms with van der Waals surface area (Å²) in [5, 5.41) is 27.5. The lowest BCUT2D eigenvalue weighted by molar-refractivity contribution is -0.145. The zero-order valence-electron chi connectivity index (χ0n) is 29.6. The van der Waals surface area contributed by atoms with Gasteiger partial charge in [0.1, 0.15) is 36.7 Å². The number of aliphatic hydroxyl groups is 1. The van der Waals surface area contributed by atoms with Crippen LogP contribution in [0.2, 0.25) is 0 Å². The maximum Gasteiger partial charge on any atom is 0.307 e. The molecule has 3 rings (SSSR count). The summed E-state index contributed by atoms with van der Waals surface area (Å²) in [6.07, 6.45) is 0.436. The first-order chi connectivity index (χ1) is 23.6. The SMILES string of the molecule is Cc1cc(C(=O)N[C@@H](C)C(=O)N[C@H](C(=O)N[C@@H](CC(C)C)C(=O)N[C@@H](C[C@@H]2CCN[C@H]2O)[C@@H](S)CC(=O)OCc2ccccc2)C(C)C)no1. The van der Waals surface area contributed by atoms with Crippen molar-refractivity contribution in [2.24, 2.45) is 17.8 Å². The minimum Gasteiger partial charge on any atom is -0.461 e. The van der Waals surface area contributed by atoms with Crippen molar-refractivity contribution >= 4 is 42.2 Å². The number of aliphatic hydroxyl groups excluding tert-OH is 1. The Morgan fingerprint density at radius 3 is 2.28 bits per heavy atom. The highest BCUT2D eigenvalue weighted by Crippen LogP contribution is 2.24. The number of ether oxygens (including phenoxy) is 1. The van der Waals surface area contributed by atoms with Crippen molar-refractivity contribution in [3.63, 3.8) is 0 Å². The number of hydrogen-bond donors (Lipinski definition) is 7. The molecule has 6 N–H and O–H groups in total. The van der Waals surface area contributed by atoms with Crippen molar-refractivity contribution < 1.29 is 38.3 Å². The number of carbonyl (C=O) groups excluding carboxylic acids is 5. The fourth-order valence-corrected chi connectivity index (χ4v) is 5.95. The first kappa shape index (κ1) is 40.5. The van der Waals surface area contributed by atoms with Gasteiger partial charge < -0.3 is 35.6 Å². The van der Waals surface area contributed by atoms with Gasteiger partial charge in [0, 0.05) is 23.3 Å². The van der Waals surface area contributed by atoms with E-state index in [9.17, 15) is 29.1 Å². The van der Waals surface area contributed by atoms with Crippen molar-refractivity contribution in [2.45, 2.75) is 109 Å². The van der Waals surface area contributed by atoms with Gasteiger partial charge in [-0.1, -0.05) is 63.2 Å². The minimum atomic E-state index is -1.02. The summed E-state index contributed by atoms with van der Waals surface area (Å²) < 4.78 is 10.4. The Labute approximate surface area is 299 Å². The van der Waals surface area contributed by atoms with Crippen molar-refractivity contribution in [2.75, 3.05) is 6.54 Å². The number of nitrogens with zero attached hydrogens (tertiary/aromatic N) is 1. The molecule has 14 nitrogen and oxygen atoms in total. The van der Waals surface area contributed by atoms with Gasteiger partial charge in [0.15, 0.2) is 5.69 Å². The van der Waals surface area contributed by atoms with Gasteiger partial charge in [0.2, 0.25) is 17.7 Å². The molecule has 1 aromatic heterocycles. The van der Waals surface area contributed by atoms with E-state index < -0.39 is 65.2 Å². The lowest BCUT2D eigenvalue weighted by Crippen LogP contribution is -2.59. The van der Waals surface area contributed by atoms with Crippen molar-refractivity contribution in [3.8, 4) is 0 Å². The van der Waals surface area contributed by atoms with E-state index in [1.165, 1.54) is 13.0 Å². The molecule has 2 heterocycles. The fourth-order valence-electron chi connectivity index (χ4n) is 5.61. The molecule has 0 saturated carbocycles. The van der Waals surface area contributed by atoms with E-state index >= 15 is 0 Å². The summed E-state index contributed by atoms with van der Waals surface area (Å²) >= 11 is 4.70. The van der Waals surface area contributed by atoms with E-state index in [1.54, 1.807) is 20.8 Å². The Morgan fingerprint density at radius 2 is 1.70 bits per heavy atom. The van der Waals surface area contributed by atoms with Gasteiger partial charge in [-0.05, 0) is 57.1 Å². The van der Waals surface area contributed by atoms with Crippen LogP contribution in [-0.2, 0) is 30.5 Å². The van der Waals surface area contributed by atoms with Crippen LogP contribution in [0.25, 0.3) is 0 Å². The summed E-state index contributed by atoms with van der Waals surface area (Å²) in [5.74, 6) is -2.85. The molecule has 4 amide bonds. The quantitative estimate of drug-likeness (QED) is 0.0884. The molecule has 0 aliphatic carbocycles. The number of aromatic nitrogens is 1. The number of amides is 4. The zero-order chi connectivity index (χ0) is 37.0. The lowest BCUT2D eigenvalue weighted by atomic mass is 9.93. The summed E-state index contributed by atoms with van der Waals surface area (Å²) in [7, 11) is 0. The first-order valence-corrected chi connectivity index (χ1v) is 17.6. The molecule has 0 bridgehead atoms. The Kier molecular flexibility index (Phi) is 15.7. The molecular weight excluding hydrogens is 664 g/mol. The van der Waals surface area contributed by atoms with Crippen LogP contribution in [-0.4, -0.2) is 82.1 Å². The van der Waals surface area contributed by atoms with Crippen LogP contribution in [0.4, 0.5) is 0 Å². The van der Waals surface area contributed by atoms with Crippen LogP contribution in [0.1, 0.15) is 82.1 Å². The number of rotatable bonds is 18.